The molecule has 35 heavy (non-hydrogen) atoms. The van der Waals surface area contributed by atoms with Crippen LogP contribution in [-0.2, 0) is 23.0 Å². The molecule has 9 nitrogen and oxygen atoms in total. The molecule has 9 heteroatoms. The molecule has 0 saturated heterocycles. The van der Waals surface area contributed by atoms with Crippen molar-refractivity contribution in [2.45, 2.75) is 38.8 Å². The summed E-state index contributed by atoms with van der Waals surface area (Å²) in [6.07, 6.45) is 1.54. The third-order valence-corrected chi connectivity index (χ3v) is 5.34. The van der Waals surface area contributed by atoms with E-state index in [1.807, 2.05) is 42.1 Å². The molecule has 0 saturated carbocycles. The first-order chi connectivity index (χ1) is 16.6. The largest absolute Gasteiger partial charge is 0.493 e. The first-order valence-corrected chi connectivity index (χ1v) is 11.2. The minimum Gasteiger partial charge on any atom is -0.493 e. The maximum absolute atomic E-state index is 13.4. The number of ether oxygens (including phenoxy) is 4. The lowest BCUT2D eigenvalue weighted by Gasteiger charge is -2.23. The molecular weight excluding hydrogens is 450 g/mol. The fourth-order valence-corrected chi connectivity index (χ4v) is 3.85. The van der Waals surface area contributed by atoms with Gasteiger partial charge in [0.2, 0.25) is 11.7 Å². The molecule has 2 aromatic carbocycles. The summed E-state index contributed by atoms with van der Waals surface area (Å²) >= 11 is 0. The molecule has 1 heterocycles. The minimum atomic E-state index is -0.908. The number of benzene rings is 2. The number of amides is 2. The second-order valence-corrected chi connectivity index (χ2v) is 9.09. The monoisotopic (exact) mass is 483 g/mol. The Morgan fingerprint density at radius 2 is 1.63 bits per heavy atom. The molecule has 2 N–H and O–H groups in total. The summed E-state index contributed by atoms with van der Waals surface area (Å²) in [4.78, 5) is 26.0. The van der Waals surface area contributed by atoms with Gasteiger partial charge in [0, 0.05) is 48.4 Å². The van der Waals surface area contributed by atoms with Crippen molar-refractivity contribution >= 4 is 28.6 Å². The van der Waals surface area contributed by atoms with E-state index in [2.05, 4.69) is 10.6 Å². The van der Waals surface area contributed by atoms with Crippen LogP contribution in [0.4, 0.5) is 10.5 Å². The zero-order valence-electron chi connectivity index (χ0n) is 21.2. The average molecular weight is 484 g/mol. The van der Waals surface area contributed by atoms with Crippen molar-refractivity contribution in [3.8, 4) is 17.2 Å². The number of carbonyl (C=O) groups excluding carboxylic acids is 2. The van der Waals surface area contributed by atoms with Crippen LogP contribution in [-0.4, -0.2) is 49.5 Å². The van der Waals surface area contributed by atoms with Crippen LogP contribution in [0.5, 0.6) is 17.2 Å². The van der Waals surface area contributed by atoms with Gasteiger partial charge in [-0.15, -0.1) is 0 Å². The summed E-state index contributed by atoms with van der Waals surface area (Å²) < 4.78 is 23.5. The van der Waals surface area contributed by atoms with Gasteiger partial charge in [-0.2, -0.15) is 0 Å². The molecule has 188 valence electrons. The van der Waals surface area contributed by atoms with Crippen LogP contribution >= 0.6 is 0 Å². The second kappa shape index (κ2) is 10.6. The molecule has 0 radical (unpaired) electrons. The number of rotatable bonds is 8. The molecule has 0 bridgehead atoms. The molecule has 0 spiro atoms. The van der Waals surface area contributed by atoms with Gasteiger partial charge in [0.1, 0.15) is 11.6 Å². The van der Waals surface area contributed by atoms with Crippen LogP contribution in [0, 0.1) is 0 Å². The van der Waals surface area contributed by atoms with Gasteiger partial charge in [0.15, 0.2) is 11.5 Å². The van der Waals surface area contributed by atoms with Crippen molar-refractivity contribution in [1.29, 1.82) is 0 Å². The van der Waals surface area contributed by atoms with Crippen molar-refractivity contribution in [2.75, 3.05) is 26.6 Å². The molecular formula is C26H33N3O6. The molecule has 0 aliphatic carbocycles. The fraction of sp³-hybridized carbons (Fsp3) is 0.385. The number of carbonyl (C=O) groups is 2. The highest BCUT2D eigenvalue weighted by molar-refractivity contribution is 5.98. The van der Waals surface area contributed by atoms with E-state index < -0.39 is 23.6 Å². The molecule has 3 rings (SSSR count). The maximum atomic E-state index is 13.4. The zero-order valence-corrected chi connectivity index (χ0v) is 21.2. The predicted octanol–water partition coefficient (Wildman–Crippen LogP) is 4.28. The Morgan fingerprint density at radius 3 is 2.20 bits per heavy atom. The van der Waals surface area contributed by atoms with Gasteiger partial charge in [-0.1, -0.05) is 18.2 Å². The maximum Gasteiger partial charge on any atom is 0.408 e. The third-order valence-electron chi connectivity index (χ3n) is 5.34. The second-order valence-electron chi connectivity index (χ2n) is 9.09. The zero-order chi connectivity index (χ0) is 25.8. The fourth-order valence-electron chi connectivity index (χ4n) is 3.85. The van der Waals surface area contributed by atoms with Gasteiger partial charge in [-0.3, -0.25) is 4.79 Å². The van der Waals surface area contributed by atoms with Crippen LogP contribution < -0.4 is 24.8 Å². The van der Waals surface area contributed by atoms with E-state index in [1.165, 1.54) is 21.3 Å². The summed E-state index contributed by atoms with van der Waals surface area (Å²) in [6, 6.07) is 10.2. The van der Waals surface area contributed by atoms with E-state index in [0.717, 1.165) is 16.5 Å². The lowest BCUT2D eigenvalue weighted by molar-refractivity contribution is -0.118. The molecule has 1 atom stereocenters. The Labute approximate surface area is 205 Å². The number of alkyl carbamates (subject to hydrolysis) is 1. The van der Waals surface area contributed by atoms with E-state index in [1.54, 1.807) is 32.9 Å². The highest BCUT2D eigenvalue weighted by atomic mass is 16.6. The third kappa shape index (κ3) is 6.17. The van der Waals surface area contributed by atoms with E-state index in [0.29, 0.717) is 22.9 Å². The van der Waals surface area contributed by atoms with Gasteiger partial charge in [-0.25, -0.2) is 4.79 Å². The van der Waals surface area contributed by atoms with Gasteiger partial charge in [0.05, 0.1) is 21.3 Å². The first-order valence-electron chi connectivity index (χ1n) is 11.2. The Bertz CT molecular complexity index is 1190. The Hall–Kier alpha value is -3.88. The van der Waals surface area contributed by atoms with Gasteiger partial charge < -0.3 is 34.1 Å². The van der Waals surface area contributed by atoms with Crippen molar-refractivity contribution in [2.24, 2.45) is 7.05 Å². The Morgan fingerprint density at radius 1 is 1.00 bits per heavy atom. The molecule has 0 fully saturated rings. The Kier molecular flexibility index (Phi) is 7.78. The average Bonchev–Trinajstić information content (AvgIpc) is 3.12. The van der Waals surface area contributed by atoms with Crippen molar-refractivity contribution in [1.82, 2.24) is 9.88 Å². The highest BCUT2D eigenvalue weighted by Gasteiger charge is 2.27. The lowest BCUT2D eigenvalue weighted by atomic mass is 10.0. The molecule has 0 aliphatic heterocycles. The molecule has 3 aromatic rings. The molecule has 1 unspecified atom stereocenters. The highest BCUT2D eigenvalue weighted by Crippen LogP contribution is 2.40. The standard InChI is InChI=1S/C26H33N3O6/c1-26(2,3)35-25(31)28-19(12-16-15-29(4)20-11-9-8-10-18(16)20)24(30)27-17-13-21(32-5)23(34-7)22(14-17)33-6/h8-11,13-15,19H,12H2,1-7H3,(H,27,30)(H,28,31). The summed E-state index contributed by atoms with van der Waals surface area (Å²) in [7, 11) is 6.44. The van der Waals surface area contributed by atoms with Crippen LogP contribution in [0.3, 0.4) is 0 Å². The summed E-state index contributed by atoms with van der Waals surface area (Å²) in [5, 5.41) is 6.59. The quantitative estimate of drug-likeness (QED) is 0.496. The van der Waals surface area contributed by atoms with Gasteiger partial charge in [-0.05, 0) is 32.4 Å². The molecule has 1 aromatic heterocycles. The SMILES string of the molecule is COc1cc(NC(=O)C(Cc2cn(C)c3ccccc23)NC(=O)OC(C)(C)C)cc(OC)c1OC. The number of hydrogen-bond acceptors (Lipinski definition) is 6. The van der Waals surface area contributed by atoms with Crippen LogP contribution in [0.15, 0.2) is 42.6 Å². The number of anilines is 1. The number of fused-ring (bicyclic) bond motifs is 1. The summed E-state index contributed by atoms with van der Waals surface area (Å²) in [5.41, 5.74) is 1.67. The van der Waals surface area contributed by atoms with E-state index in [9.17, 15) is 9.59 Å². The normalized spacial score (nSPS) is 12.1. The number of methoxy groups -OCH3 is 3. The van der Waals surface area contributed by atoms with Gasteiger partial charge in [0.25, 0.3) is 0 Å². The minimum absolute atomic E-state index is 0.261. The first kappa shape index (κ1) is 25.7. The molecule has 2 amide bonds. The topological polar surface area (TPSA) is 100 Å². The van der Waals surface area contributed by atoms with Crippen molar-refractivity contribution < 1.29 is 28.5 Å². The number of nitrogens with one attached hydrogen (secondary N) is 2. The predicted molar refractivity (Wildman–Crippen MR) is 135 cm³/mol. The Balaban J connectivity index is 1.92. The number of nitrogens with zero attached hydrogens (tertiary/aromatic N) is 1. The van der Waals surface area contributed by atoms with Crippen molar-refractivity contribution in [3.63, 3.8) is 0 Å². The summed E-state index contributed by atoms with van der Waals surface area (Å²) in [5.74, 6) is 0.783. The number of aromatic nitrogens is 1. The van der Waals surface area contributed by atoms with Crippen LogP contribution in [0.2, 0.25) is 0 Å². The van der Waals surface area contributed by atoms with E-state index in [-0.39, 0.29) is 6.42 Å². The van der Waals surface area contributed by atoms with Crippen molar-refractivity contribution in [3.05, 3.63) is 48.2 Å². The van der Waals surface area contributed by atoms with Crippen LogP contribution in [0.1, 0.15) is 26.3 Å². The van der Waals surface area contributed by atoms with Crippen LogP contribution in [0.25, 0.3) is 10.9 Å². The molecule has 0 aliphatic rings. The van der Waals surface area contributed by atoms with Gasteiger partial charge >= 0.3 is 6.09 Å². The number of para-hydroxylation sites is 1. The number of aryl methyl sites for hydroxylation is 1. The van der Waals surface area contributed by atoms with E-state index >= 15 is 0 Å². The lowest BCUT2D eigenvalue weighted by Crippen LogP contribution is -2.47. The summed E-state index contributed by atoms with van der Waals surface area (Å²) in [6.45, 7) is 5.30. The smallest absolute Gasteiger partial charge is 0.408 e. The number of hydrogen-bond donors (Lipinski definition) is 2. The van der Waals surface area contributed by atoms with E-state index in [4.69, 9.17) is 18.9 Å².